The van der Waals surface area contributed by atoms with Crippen molar-refractivity contribution in [3.05, 3.63) is 47.0 Å². The highest BCUT2D eigenvalue weighted by atomic mass is 35.5. The van der Waals surface area contributed by atoms with E-state index < -0.39 is 0 Å². The van der Waals surface area contributed by atoms with Crippen LogP contribution in [0.5, 0.6) is 17.2 Å². The van der Waals surface area contributed by atoms with Crippen LogP contribution in [-0.4, -0.2) is 39.3 Å². The molecule has 1 amide bonds. The first kappa shape index (κ1) is 19.3. The fraction of sp³-hybridized carbons (Fsp3) is 0.350. The quantitative estimate of drug-likeness (QED) is 0.792. The molecule has 7 heteroatoms. The van der Waals surface area contributed by atoms with E-state index in [1.807, 2.05) is 32.2 Å². The number of ether oxygens (including phenoxy) is 3. The summed E-state index contributed by atoms with van der Waals surface area (Å²) in [5, 5.41) is 3.44. The Labute approximate surface area is 164 Å². The summed E-state index contributed by atoms with van der Waals surface area (Å²) in [5.74, 6) is 1.99. The van der Waals surface area contributed by atoms with Gasteiger partial charge in [0, 0.05) is 10.6 Å². The van der Waals surface area contributed by atoms with Gasteiger partial charge in [0.2, 0.25) is 0 Å². The van der Waals surface area contributed by atoms with Gasteiger partial charge in [-0.1, -0.05) is 11.6 Å². The number of likely N-dealkylation sites (N-methyl/N-ethyl adjacent to an activating group) is 1. The zero-order chi connectivity index (χ0) is 19.4. The van der Waals surface area contributed by atoms with Crippen molar-refractivity contribution in [2.45, 2.75) is 19.5 Å². The van der Waals surface area contributed by atoms with Crippen LogP contribution >= 0.6 is 11.6 Å². The average molecular weight is 392 g/mol. The van der Waals surface area contributed by atoms with Gasteiger partial charge in [-0.25, -0.2) is 0 Å². The number of hydrogen-bond acceptors (Lipinski definition) is 4. The van der Waals surface area contributed by atoms with E-state index >= 15 is 0 Å². The third-order valence-electron chi connectivity index (χ3n) is 4.64. The number of amides is 1. The van der Waals surface area contributed by atoms with Crippen molar-refractivity contribution >= 4 is 23.2 Å². The molecule has 0 fully saturated rings. The lowest BCUT2D eigenvalue weighted by Gasteiger charge is -2.23. The van der Waals surface area contributed by atoms with Gasteiger partial charge >= 0.3 is 0 Å². The number of methoxy groups -OCH3 is 1. The molecule has 0 radical (unpaired) electrons. The number of carbonyl (C=O) groups is 1. The van der Waals surface area contributed by atoms with E-state index in [9.17, 15) is 4.79 Å². The van der Waals surface area contributed by atoms with Crippen LogP contribution in [0, 0.1) is 0 Å². The molecule has 1 unspecified atom stereocenters. The van der Waals surface area contributed by atoms with Gasteiger partial charge in [0.15, 0.2) is 17.5 Å². The van der Waals surface area contributed by atoms with Crippen LogP contribution < -0.4 is 24.4 Å². The second-order valence-electron chi connectivity index (χ2n) is 6.56. The van der Waals surface area contributed by atoms with Crippen molar-refractivity contribution in [3.8, 4) is 17.2 Å². The Morgan fingerprint density at radius 1 is 1.22 bits per heavy atom. The SMILES string of the molecule is COc1ccc(Cl)cc1NC(=O)[C@H](C)[NH+](C)Cc1ccc2c(c1)OCCO2. The largest absolute Gasteiger partial charge is 0.495 e. The highest BCUT2D eigenvalue weighted by molar-refractivity contribution is 6.31. The van der Waals surface area contributed by atoms with E-state index in [0.29, 0.717) is 36.2 Å². The molecule has 0 bridgehead atoms. The predicted octanol–water partition coefficient (Wildman–Crippen LogP) is 2.16. The van der Waals surface area contributed by atoms with Crippen LogP contribution in [0.25, 0.3) is 0 Å². The van der Waals surface area contributed by atoms with Crippen molar-refractivity contribution in [1.82, 2.24) is 0 Å². The second kappa shape index (κ2) is 8.50. The first-order valence-corrected chi connectivity index (χ1v) is 9.21. The normalized spacial score (nSPS) is 15.0. The predicted molar refractivity (Wildman–Crippen MR) is 104 cm³/mol. The maximum Gasteiger partial charge on any atom is 0.282 e. The maximum atomic E-state index is 12.7. The van der Waals surface area contributed by atoms with E-state index in [4.69, 9.17) is 25.8 Å². The Bertz CT molecular complexity index is 828. The summed E-state index contributed by atoms with van der Waals surface area (Å²) < 4.78 is 16.5. The molecule has 0 aliphatic carbocycles. The van der Waals surface area contributed by atoms with Crippen LogP contribution in [0.1, 0.15) is 12.5 Å². The highest BCUT2D eigenvalue weighted by Gasteiger charge is 2.24. The van der Waals surface area contributed by atoms with Gasteiger partial charge in [0.25, 0.3) is 5.91 Å². The first-order valence-electron chi connectivity index (χ1n) is 8.83. The van der Waals surface area contributed by atoms with Gasteiger partial charge in [0.1, 0.15) is 25.5 Å². The minimum absolute atomic E-state index is 0.106. The van der Waals surface area contributed by atoms with E-state index in [2.05, 4.69) is 5.32 Å². The second-order valence-corrected chi connectivity index (χ2v) is 6.99. The third-order valence-corrected chi connectivity index (χ3v) is 4.88. The standard InChI is InChI=1S/C20H23ClN2O4/c1-13(20(24)22-16-11-15(21)5-7-17(16)25-3)23(2)12-14-4-6-18-19(10-14)27-9-8-26-18/h4-7,10-11,13H,8-9,12H2,1-3H3,(H,22,24)/p+1/t13-/m0/s1. The van der Waals surface area contributed by atoms with Gasteiger partial charge in [-0.05, 0) is 43.3 Å². The molecular formula is C20H24ClN2O4+. The Balaban J connectivity index is 1.65. The molecule has 3 rings (SSSR count). The maximum absolute atomic E-state index is 12.7. The van der Waals surface area contributed by atoms with Crippen LogP contribution in [0.3, 0.4) is 0 Å². The van der Waals surface area contributed by atoms with Crippen LogP contribution in [0.2, 0.25) is 5.02 Å². The number of hydrogen-bond donors (Lipinski definition) is 2. The Kier molecular flexibility index (Phi) is 6.08. The number of anilines is 1. The topological polar surface area (TPSA) is 61.2 Å². The van der Waals surface area contributed by atoms with Crippen molar-refractivity contribution < 1.29 is 23.9 Å². The molecule has 0 saturated heterocycles. The minimum atomic E-state index is -0.276. The molecule has 2 aromatic rings. The molecule has 1 aliphatic heterocycles. The Morgan fingerprint density at radius 3 is 2.70 bits per heavy atom. The first-order chi connectivity index (χ1) is 13.0. The number of halogens is 1. The number of benzene rings is 2. The molecule has 0 saturated carbocycles. The molecule has 1 aliphatic rings. The van der Waals surface area contributed by atoms with Crippen LogP contribution in [-0.2, 0) is 11.3 Å². The number of nitrogens with one attached hydrogen (secondary N) is 2. The number of quaternary nitrogens is 1. The molecule has 0 aromatic heterocycles. The molecule has 1 heterocycles. The lowest BCUT2D eigenvalue weighted by molar-refractivity contribution is -0.907. The van der Waals surface area contributed by atoms with E-state index in [1.165, 1.54) is 0 Å². The van der Waals surface area contributed by atoms with Gasteiger partial charge in [-0.3, -0.25) is 4.79 Å². The fourth-order valence-corrected chi connectivity index (χ4v) is 3.09. The van der Waals surface area contributed by atoms with E-state index in [1.54, 1.807) is 25.3 Å². The van der Waals surface area contributed by atoms with Crippen molar-refractivity contribution in [3.63, 3.8) is 0 Å². The van der Waals surface area contributed by atoms with E-state index in [0.717, 1.165) is 22.0 Å². The van der Waals surface area contributed by atoms with Crippen LogP contribution in [0.15, 0.2) is 36.4 Å². The molecule has 0 spiro atoms. The van der Waals surface area contributed by atoms with Gasteiger partial charge in [0.05, 0.1) is 19.8 Å². The number of rotatable bonds is 6. The molecule has 2 N–H and O–H groups in total. The summed E-state index contributed by atoms with van der Waals surface area (Å²) in [7, 11) is 3.54. The van der Waals surface area contributed by atoms with Crippen molar-refractivity contribution in [1.29, 1.82) is 0 Å². The molecule has 27 heavy (non-hydrogen) atoms. The smallest absolute Gasteiger partial charge is 0.282 e. The van der Waals surface area contributed by atoms with Gasteiger partial charge < -0.3 is 24.4 Å². The summed E-state index contributed by atoms with van der Waals surface area (Å²) in [5.41, 5.74) is 1.64. The molecule has 2 aromatic carbocycles. The van der Waals surface area contributed by atoms with E-state index in [-0.39, 0.29) is 11.9 Å². The third kappa shape index (κ3) is 4.64. The van der Waals surface area contributed by atoms with Crippen molar-refractivity contribution in [2.75, 3.05) is 32.7 Å². The number of fused-ring (bicyclic) bond motifs is 1. The summed E-state index contributed by atoms with van der Waals surface area (Å²) in [6.07, 6.45) is 0. The Morgan fingerprint density at radius 2 is 1.96 bits per heavy atom. The molecule has 2 atom stereocenters. The summed E-state index contributed by atoms with van der Waals surface area (Å²) >= 11 is 6.03. The summed E-state index contributed by atoms with van der Waals surface area (Å²) in [4.78, 5) is 13.7. The molecular weight excluding hydrogens is 368 g/mol. The minimum Gasteiger partial charge on any atom is -0.495 e. The average Bonchev–Trinajstić information content (AvgIpc) is 2.67. The number of carbonyl (C=O) groups excluding carboxylic acids is 1. The van der Waals surface area contributed by atoms with Gasteiger partial charge in [-0.2, -0.15) is 0 Å². The zero-order valence-corrected chi connectivity index (χ0v) is 16.4. The van der Waals surface area contributed by atoms with Gasteiger partial charge in [-0.15, -0.1) is 0 Å². The Hall–Kier alpha value is -2.44. The highest BCUT2D eigenvalue weighted by Crippen LogP contribution is 2.30. The van der Waals surface area contributed by atoms with Crippen LogP contribution in [0.4, 0.5) is 5.69 Å². The summed E-state index contributed by atoms with van der Waals surface area (Å²) in [6.45, 7) is 3.69. The molecule has 144 valence electrons. The monoisotopic (exact) mass is 391 g/mol. The lowest BCUT2D eigenvalue weighted by atomic mass is 10.1. The lowest BCUT2D eigenvalue weighted by Crippen LogP contribution is -3.12. The summed E-state index contributed by atoms with van der Waals surface area (Å²) in [6, 6.07) is 10.7. The van der Waals surface area contributed by atoms with Crippen molar-refractivity contribution in [2.24, 2.45) is 0 Å². The molecule has 6 nitrogen and oxygen atoms in total. The zero-order valence-electron chi connectivity index (χ0n) is 15.7. The fourth-order valence-electron chi connectivity index (χ4n) is 2.92.